The summed E-state index contributed by atoms with van der Waals surface area (Å²) in [7, 11) is 0. The smallest absolute Gasteiger partial charge is 0.315 e. The van der Waals surface area contributed by atoms with E-state index in [1.165, 1.54) is 0 Å². The highest BCUT2D eigenvalue weighted by molar-refractivity contribution is 5.75. The lowest BCUT2D eigenvalue weighted by atomic mass is 10.0. The third-order valence-electron chi connectivity index (χ3n) is 2.82. The number of ether oxygens (including phenoxy) is 1. The van der Waals surface area contributed by atoms with Crippen molar-refractivity contribution in [1.82, 2.24) is 10.6 Å². The predicted octanol–water partition coefficient (Wildman–Crippen LogP) is 1.99. The monoisotopic (exact) mass is 288 g/mol. The number of nitrogens with one attached hydrogen (secondary N) is 2. The van der Waals surface area contributed by atoms with Crippen molar-refractivity contribution in [3.8, 4) is 0 Å². The van der Waals surface area contributed by atoms with Crippen molar-refractivity contribution in [1.29, 1.82) is 0 Å². The van der Waals surface area contributed by atoms with Gasteiger partial charge in [-0.3, -0.25) is 4.79 Å². The van der Waals surface area contributed by atoms with E-state index in [1.54, 1.807) is 0 Å². The molecule has 0 rings (SSSR count). The van der Waals surface area contributed by atoms with Crippen molar-refractivity contribution in [2.45, 2.75) is 59.1 Å². The van der Waals surface area contributed by atoms with Gasteiger partial charge >= 0.3 is 12.0 Å². The van der Waals surface area contributed by atoms with Crippen molar-refractivity contribution in [3.05, 3.63) is 0 Å². The van der Waals surface area contributed by atoms with Gasteiger partial charge in [0.15, 0.2) is 0 Å². The summed E-state index contributed by atoms with van der Waals surface area (Å²) in [6.45, 7) is 8.99. The number of urea groups is 1. The Hall–Kier alpha value is -1.30. The van der Waals surface area contributed by atoms with Crippen LogP contribution in [0.15, 0.2) is 0 Å². The highest BCUT2D eigenvalue weighted by Gasteiger charge is 2.18. The molecule has 0 saturated heterocycles. The summed E-state index contributed by atoms with van der Waals surface area (Å²) >= 11 is 0. The molecule has 0 radical (unpaired) electrons. The van der Waals surface area contributed by atoms with Gasteiger partial charge in [-0.15, -0.1) is 0 Å². The Morgan fingerprint density at radius 3 is 2.30 bits per heavy atom. The summed E-state index contributed by atoms with van der Waals surface area (Å²) in [6, 6.07) is -0.661. The first-order valence-corrected chi connectivity index (χ1v) is 7.20. The Kier molecular flexibility index (Phi) is 9.80. The fourth-order valence-corrected chi connectivity index (χ4v) is 1.61. The summed E-state index contributed by atoms with van der Waals surface area (Å²) in [5.41, 5.74) is 0. The van der Waals surface area contributed by atoms with Crippen molar-refractivity contribution in [2.75, 3.05) is 13.2 Å². The molecule has 118 valence electrons. The lowest BCUT2D eigenvalue weighted by molar-refractivity contribution is -0.137. The molecule has 6 nitrogen and oxygen atoms in total. The van der Waals surface area contributed by atoms with Gasteiger partial charge in [0.05, 0.1) is 12.5 Å². The van der Waals surface area contributed by atoms with E-state index >= 15 is 0 Å². The second-order valence-electron chi connectivity index (χ2n) is 5.48. The maximum atomic E-state index is 11.6. The van der Waals surface area contributed by atoms with Gasteiger partial charge in [-0.25, -0.2) is 4.79 Å². The van der Waals surface area contributed by atoms with Crippen LogP contribution < -0.4 is 10.6 Å². The van der Waals surface area contributed by atoms with Crippen LogP contribution in [0.2, 0.25) is 0 Å². The van der Waals surface area contributed by atoms with E-state index < -0.39 is 5.97 Å². The molecular formula is C14H28N2O4. The fourth-order valence-electron chi connectivity index (χ4n) is 1.61. The van der Waals surface area contributed by atoms with Crippen molar-refractivity contribution >= 4 is 12.0 Å². The van der Waals surface area contributed by atoms with Crippen LogP contribution in [0.5, 0.6) is 0 Å². The van der Waals surface area contributed by atoms with E-state index in [9.17, 15) is 9.59 Å². The number of unbranched alkanes of at least 4 members (excludes halogenated alkanes) is 1. The Bertz CT molecular complexity index is 293. The molecule has 20 heavy (non-hydrogen) atoms. The summed E-state index contributed by atoms with van der Waals surface area (Å²) < 4.78 is 5.40. The minimum absolute atomic E-state index is 0.0622. The van der Waals surface area contributed by atoms with Gasteiger partial charge in [0, 0.05) is 19.2 Å². The maximum absolute atomic E-state index is 11.6. The predicted molar refractivity (Wildman–Crippen MR) is 77.7 cm³/mol. The zero-order chi connectivity index (χ0) is 15.5. The molecule has 0 bridgehead atoms. The first-order chi connectivity index (χ1) is 9.32. The topological polar surface area (TPSA) is 87.7 Å². The first kappa shape index (κ1) is 18.7. The number of carboxylic acids is 1. The van der Waals surface area contributed by atoms with Gasteiger partial charge in [-0.2, -0.15) is 0 Å². The number of carbonyl (C=O) groups is 2. The standard InChI is InChI=1S/C14H28N2O4/c1-10(2)12(9-13(17)18)16-14(19)15-7-5-6-8-20-11(3)4/h10-12H,5-9H2,1-4H3,(H,17,18)(H2,15,16,19). The minimum atomic E-state index is -0.908. The van der Waals surface area contributed by atoms with Crippen molar-refractivity contribution < 1.29 is 19.4 Å². The largest absolute Gasteiger partial charge is 0.481 e. The van der Waals surface area contributed by atoms with Crippen LogP contribution >= 0.6 is 0 Å². The van der Waals surface area contributed by atoms with Crippen molar-refractivity contribution in [3.63, 3.8) is 0 Å². The summed E-state index contributed by atoms with van der Waals surface area (Å²) in [5, 5.41) is 14.2. The molecule has 3 N–H and O–H groups in total. The van der Waals surface area contributed by atoms with Crippen LogP contribution in [0.3, 0.4) is 0 Å². The quantitative estimate of drug-likeness (QED) is 0.536. The Morgan fingerprint density at radius 1 is 1.15 bits per heavy atom. The average molecular weight is 288 g/mol. The van der Waals surface area contributed by atoms with E-state index in [0.29, 0.717) is 13.2 Å². The maximum Gasteiger partial charge on any atom is 0.315 e. The van der Waals surface area contributed by atoms with Gasteiger partial charge in [0.2, 0.25) is 0 Å². The number of rotatable bonds is 10. The summed E-state index contributed by atoms with van der Waals surface area (Å²) in [4.78, 5) is 22.3. The van der Waals surface area contributed by atoms with E-state index in [1.807, 2.05) is 27.7 Å². The number of carbonyl (C=O) groups excluding carboxylic acids is 1. The van der Waals surface area contributed by atoms with Crippen LogP contribution in [0.4, 0.5) is 4.79 Å². The van der Waals surface area contributed by atoms with E-state index in [4.69, 9.17) is 9.84 Å². The van der Waals surface area contributed by atoms with Crippen LogP contribution in [-0.4, -0.2) is 42.4 Å². The lowest BCUT2D eigenvalue weighted by Gasteiger charge is -2.20. The van der Waals surface area contributed by atoms with Crippen LogP contribution in [0, 0.1) is 5.92 Å². The van der Waals surface area contributed by atoms with Gasteiger partial charge in [0.25, 0.3) is 0 Å². The first-order valence-electron chi connectivity index (χ1n) is 7.20. The molecule has 1 atom stereocenters. The molecule has 0 heterocycles. The number of carboxylic acid groups (broad SMARTS) is 1. The third kappa shape index (κ3) is 10.6. The molecule has 0 aromatic heterocycles. The molecule has 0 aromatic carbocycles. The third-order valence-corrected chi connectivity index (χ3v) is 2.82. The van der Waals surface area contributed by atoms with E-state index in [0.717, 1.165) is 12.8 Å². The lowest BCUT2D eigenvalue weighted by Crippen LogP contribution is -2.45. The molecule has 0 saturated carbocycles. The molecule has 0 spiro atoms. The van der Waals surface area contributed by atoms with Gasteiger partial charge in [-0.1, -0.05) is 13.8 Å². The number of hydrogen-bond acceptors (Lipinski definition) is 3. The van der Waals surface area contributed by atoms with Crippen LogP contribution in [0.1, 0.15) is 47.0 Å². The molecule has 0 aliphatic carbocycles. The number of amides is 2. The van der Waals surface area contributed by atoms with Gasteiger partial charge < -0.3 is 20.5 Å². The van der Waals surface area contributed by atoms with E-state index in [-0.39, 0.29) is 30.5 Å². The Balaban J connectivity index is 3.77. The summed E-state index contributed by atoms with van der Waals surface area (Å²) in [6.07, 6.45) is 1.90. The van der Waals surface area contributed by atoms with Gasteiger partial charge in [0.1, 0.15) is 0 Å². The van der Waals surface area contributed by atoms with E-state index in [2.05, 4.69) is 10.6 Å². The minimum Gasteiger partial charge on any atom is -0.481 e. The molecule has 2 amide bonds. The Morgan fingerprint density at radius 2 is 1.80 bits per heavy atom. The molecule has 0 aliphatic heterocycles. The normalized spacial score (nSPS) is 12.5. The molecular weight excluding hydrogens is 260 g/mol. The fraction of sp³-hybridized carbons (Fsp3) is 0.857. The SMILES string of the molecule is CC(C)OCCCCNC(=O)NC(CC(=O)O)C(C)C. The molecule has 0 aromatic rings. The summed E-state index contributed by atoms with van der Waals surface area (Å²) in [5.74, 6) is -0.828. The Labute approximate surface area is 121 Å². The highest BCUT2D eigenvalue weighted by Crippen LogP contribution is 2.05. The number of aliphatic carboxylic acids is 1. The zero-order valence-electron chi connectivity index (χ0n) is 12.9. The number of hydrogen-bond donors (Lipinski definition) is 3. The second kappa shape index (κ2) is 10.5. The second-order valence-corrected chi connectivity index (χ2v) is 5.48. The average Bonchev–Trinajstić information content (AvgIpc) is 2.31. The molecule has 6 heteroatoms. The molecule has 0 aliphatic rings. The van der Waals surface area contributed by atoms with Crippen molar-refractivity contribution in [2.24, 2.45) is 5.92 Å². The van der Waals surface area contributed by atoms with Crippen LogP contribution in [0.25, 0.3) is 0 Å². The molecule has 0 fully saturated rings. The van der Waals surface area contributed by atoms with Crippen LogP contribution in [-0.2, 0) is 9.53 Å². The zero-order valence-corrected chi connectivity index (χ0v) is 12.9. The molecule has 1 unspecified atom stereocenters. The highest BCUT2D eigenvalue weighted by atomic mass is 16.5. The van der Waals surface area contributed by atoms with Gasteiger partial charge in [-0.05, 0) is 32.6 Å².